The van der Waals surface area contributed by atoms with Gasteiger partial charge in [0, 0.05) is 35.6 Å². The maximum Gasteiger partial charge on any atom is 0.352 e. The largest absolute Gasteiger partial charge is 0.477 e. The molecule has 1 heterocycles. The summed E-state index contributed by atoms with van der Waals surface area (Å²) in [6.45, 7) is 7.86. The molecule has 0 aliphatic heterocycles. The third-order valence-electron chi connectivity index (χ3n) is 6.95. The number of hydrogen-bond donors (Lipinski definition) is 2. The number of aromatic nitrogens is 1. The van der Waals surface area contributed by atoms with Crippen molar-refractivity contribution in [2.45, 2.75) is 59.2 Å². The molecule has 0 saturated heterocycles. The van der Waals surface area contributed by atoms with Gasteiger partial charge in [-0.05, 0) is 36.8 Å². The van der Waals surface area contributed by atoms with Crippen LogP contribution < -0.4 is 5.32 Å². The zero-order chi connectivity index (χ0) is 21.3. The lowest BCUT2D eigenvalue weighted by Crippen LogP contribution is -2.40. The monoisotopic (exact) mass is 404 g/mol. The zero-order valence-corrected chi connectivity index (χ0v) is 18.2. The maximum atomic E-state index is 12.4. The number of carboxylic acid groups (broad SMARTS) is 1. The molecule has 30 heavy (non-hydrogen) atoms. The Morgan fingerprint density at radius 1 is 1.13 bits per heavy atom. The first-order valence-electron chi connectivity index (χ1n) is 11.1. The fourth-order valence-corrected chi connectivity index (χ4v) is 5.06. The van der Waals surface area contributed by atoms with Crippen LogP contribution in [0.4, 0.5) is 0 Å². The van der Waals surface area contributed by atoms with E-state index in [9.17, 15) is 9.90 Å². The molecule has 4 nitrogen and oxygen atoms in total. The van der Waals surface area contributed by atoms with E-state index in [1.54, 1.807) is 0 Å². The lowest BCUT2D eigenvalue weighted by molar-refractivity contribution is 0.0684. The molecular weight excluding hydrogens is 372 g/mol. The second kappa shape index (κ2) is 8.65. The van der Waals surface area contributed by atoms with Crippen LogP contribution in [0.15, 0.2) is 48.5 Å². The molecule has 3 atom stereocenters. The van der Waals surface area contributed by atoms with Crippen molar-refractivity contribution >= 4 is 16.9 Å². The van der Waals surface area contributed by atoms with E-state index in [0.29, 0.717) is 36.7 Å². The minimum atomic E-state index is -0.860. The number of aromatic carboxylic acids is 1. The molecule has 2 aromatic carbocycles. The Bertz CT molecular complexity index is 1050. The Hall–Kier alpha value is -2.59. The Balaban J connectivity index is 1.72. The van der Waals surface area contributed by atoms with E-state index in [4.69, 9.17) is 0 Å². The Morgan fingerprint density at radius 3 is 2.70 bits per heavy atom. The maximum absolute atomic E-state index is 12.4. The van der Waals surface area contributed by atoms with Crippen LogP contribution in [0.25, 0.3) is 10.9 Å². The van der Waals surface area contributed by atoms with Gasteiger partial charge in [-0.1, -0.05) is 74.7 Å². The van der Waals surface area contributed by atoms with Crippen molar-refractivity contribution in [3.63, 3.8) is 0 Å². The van der Waals surface area contributed by atoms with Gasteiger partial charge in [0.2, 0.25) is 0 Å². The number of aryl methyl sites for hydroxylation is 1. The summed E-state index contributed by atoms with van der Waals surface area (Å²) in [5.74, 6) is 0.450. The van der Waals surface area contributed by atoms with Crippen molar-refractivity contribution in [1.29, 1.82) is 0 Å². The number of carboxylic acids is 1. The van der Waals surface area contributed by atoms with Crippen LogP contribution in [0.3, 0.4) is 0 Å². The predicted octanol–water partition coefficient (Wildman–Crippen LogP) is 5.61. The van der Waals surface area contributed by atoms with Crippen molar-refractivity contribution < 1.29 is 9.90 Å². The fourth-order valence-electron chi connectivity index (χ4n) is 5.06. The van der Waals surface area contributed by atoms with Gasteiger partial charge in [-0.25, -0.2) is 4.79 Å². The number of para-hydroxylation sites is 1. The highest BCUT2D eigenvalue weighted by Gasteiger charge is 2.28. The number of benzene rings is 2. The van der Waals surface area contributed by atoms with Crippen LogP contribution in [0.2, 0.25) is 0 Å². The van der Waals surface area contributed by atoms with E-state index in [1.807, 2.05) is 28.8 Å². The Kier molecular flexibility index (Phi) is 5.96. The van der Waals surface area contributed by atoms with Gasteiger partial charge in [0.05, 0.1) is 0 Å². The van der Waals surface area contributed by atoms with E-state index in [0.717, 1.165) is 28.5 Å². The molecule has 3 unspecified atom stereocenters. The number of fused-ring (bicyclic) bond motifs is 1. The second-order valence-corrected chi connectivity index (χ2v) is 8.98. The van der Waals surface area contributed by atoms with Gasteiger partial charge >= 0.3 is 5.97 Å². The third kappa shape index (κ3) is 4.01. The zero-order valence-electron chi connectivity index (χ0n) is 18.2. The van der Waals surface area contributed by atoms with Crippen molar-refractivity contribution in [1.82, 2.24) is 9.88 Å². The average Bonchev–Trinajstić information content (AvgIpc) is 3.03. The quantitative estimate of drug-likeness (QED) is 0.561. The van der Waals surface area contributed by atoms with Crippen molar-refractivity contribution in [2.75, 3.05) is 0 Å². The number of carbonyl (C=O) groups is 1. The molecule has 4 heteroatoms. The van der Waals surface area contributed by atoms with Crippen molar-refractivity contribution in [2.24, 2.45) is 11.8 Å². The van der Waals surface area contributed by atoms with E-state index < -0.39 is 5.97 Å². The highest BCUT2D eigenvalue weighted by Crippen LogP contribution is 2.31. The number of hydrogen-bond acceptors (Lipinski definition) is 2. The van der Waals surface area contributed by atoms with Gasteiger partial charge in [-0.2, -0.15) is 0 Å². The topological polar surface area (TPSA) is 54.3 Å². The number of nitrogens with one attached hydrogen (secondary N) is 1. The SMILES string of the molecule is Cc1cccc(Cn2c(C(=O)O)c(CNC3CCCC(C)C3C)c3ccccc32)c1. The van der Waals surface area contributed by atoms with Gasteiger partial charge in [0.15, 0.2) is 0 Å². The van der Waals surface area contributed by atoms with Gasteiger partial charge in [-0.15, -0.1) is 0 Å². The van der Waals surface area contributed by atoms with Crippen LogP contribution in [0.1, 0.15) is 60.3 Å². The summed E-state index contributed by atoms with van der Waals surface area (Å²) in [5.41, 5.74) is 4.59. The van der Waals surface area contributed by atoms with Crippen LogP contribution in [0.5, 0.6) is 0 Å². The van der Waals surface area contributed by atoms with Crippen LogP contribution in [0, 0.1) is 18.8 Å². The molecule has 1 aromatic heterocycles. The summed E-state index contributed by atoms with van der Waals surface area (Å²) in [7, 11) is 0. The van der Waals surface area contributed by atoms with Crippen molar-refractivity contribution in [3.05, 3.63) is 70.9 Å². The highest BCUT2D eigenvalue weighted by atomic mass is 16.4. The standard InChI is InChI=1S/C26H32N2O2/c1-17-8-6-10-20(14-17)16-28-24-13-5-4-11-21(24)22(25(28)26(29)30)15-27-23-12-7-9-18(2)19(23)3/h4-6,8,10-11,13-14,18-19,23,27H,7,9,12,15-16H2,1-3H3,(H,29,30). The van der Waals surface area contributed by atoms with Crippen LogP contribution in [-0.4, -0.2) is 21.7 Å². The summed E-state index contributed by atoms with van der Waals surface area (Å²) >= 11 is 0. The smallest absolute Gasteiger partial charge is 0.352 e. The summed E-state index contributed by atoms with van der Waals surface area (Å²) in [5, 5.41) is 14.9. The van der Waals surface area contributed by atoms with Crippen LogP contribution >= 0.6 is 0 Å². The summed E-state index contributed by atoms with van der Waals surface area (Å²) < 4.78 is 1.97. The molecular formula is C26H32N2O2. The fraction of sp³-hybridized carbons (Fsp3) is 0.423. The molecule has 0 bridgehead atoms. The van der Waals surface area contributed by atoms with E-state index in [-0.39, 0.29) is 0 Å². The second-order valence-electron chi connectivity index (χ2n) is 8.98. The first kappa shape index (κ1) is 20.7. The van der Waals surface area contributed by atoms with Gasteiger partial charge < -0.3 is 15.0 Å². The number of rotatable bonds is 6. The van der Waals surface area contributed by atoms with Gasteiger partial charge in [0.1, 0.15) is 5.69 Å². The normalized spacial score (nSPS) is 21.8. The minimum absolute atomic E-state index is 0.404. The van der Waals surface area contributed by atoms with Gasteiger partial charge in [0.25, 0.3) is 0 Å². The third-order valence-corrected chi connectivity index (χ3v) is 6.95. The molecule has 4 rings (SSSR count). The number of nitrogens with zero attached hydrogens (tertiary/aromatic N) is 1. The van der Waals surface area contributed by atoms with Crippen LogP contribution in [-0.2, 0) is 13.1 Å². The molecule has 1 saturated carbocycles. The predicted molar refractivity (Wildman–Crippen MR) is 122 cm³/mol. The van der Waals surface area contributed by atoms with E-state index in [1.165, 1.54) is 18.4 Å². The molecule has 3 aromatic rings. The highest BCUT2D eigenvalue weighted by molar-refractivity contribution is 5.98. The molecule has 1 fully saturated rings. The Morgan fingerprint density at radius 2 is 1.93 bits per heavy atom. The molecule has 0 radical (unpaired) electrons. The Labute approximate surface area is 178 Å². The summed E-state index contributed by atoms with van der Waals surface area (Å²) in [4.78, 5) is 12.4. The first-order chi connectivity index (χ1) is 14.5. The lowest BCUT2D eigenvalue weighted by Gasteiger charge is -2.34. The van der Waals surface area contributed by atoms with Crippen molar-refractivity contribution in [3.8, 4) is 0 Å². The molecule has 158 valence electrons. The molecule has 1 aliphatic rings. The molecule has 0 spiro atoms. The van der Waals surface area contributed by atoms with E-state index >= 15 is 0 Å². The molecule has 2 N–H and O–H groups in total. The minimum Gasteiger partial charge on any atom is -0.477 e. The van der Waals surface area contributed by atoms with Gasteiger partial charge in [-0.3, -0.25) is 0 Å². The summed E-state index contributed by atoms with van der Waals surface area (Å²) in [6.07, 6.45) is 3.69. The first-order valence-corrected chi connectivity index (χ1v) is 11.1. The van der Waals surface area contributed by atoms with E-state index in [2.05, 4.69) is 50.4 Å². The lowest BCUT2D eigenvalue weighted by atomic mass is 9.78. The molecule has 0 amide bonds. The molecule has 1 aliphatic carbocycles. The summed E-state index contributed by atoms with van der Waals surface area (Å²) in [6, 6.07) is 16.8. The average molecular weight is 405 g/mol.